The highest BCUT2D eigenvalue weighted by molar-refractivity contribution is 9.13. The number of hydrogen-bond acceptors (Lipinski definition) is 3. The number of hydrogen-bond donors (Lipinski definition) is 3. The van der Waals surface area contributed by atoms with Gasteiger partial charge in [0.25, 0.3) is 5.91 Å². The van der Waals surface area contributed by atoms with E-state index in [1.807, 2.05) is 10.6 Å². The molecule has 0 radical (unpaired) electrons. The zero-order valence-corrected chi connectivity index (χ0v) is 13.0. The van der Waals surface area contributed by atoms with Gasteiger partial charge in [0.2, 0.25) is 0 Å². The molecule has 2 aromatic rings. The van der Waals surface area contributed by atoms with Crippen molar-refractivity contribution in [3.63, 3.8) is 0 Å². The zero-order valence-electron chi connectivity index (χ0n) is 9.78. The molecule has 3 heterocycles. The van der Waals surface area contributed by atoms with Crippen molar-refractivity contribution in [3.8, 4) is 0 Å². The Hall–Kier alpha value is -1.28. The lowest BCUT2D eigenvalue weighted by Crippen LogP contribution is -2.39. The van der Waals surface area contributed by atoms with Crippen LogP contribution in [-0.4, -0.2) is 27.0 Å². The number of aromatic nitrogens is 3. The molecule has 0 spiro atoms. The van der Waals surface area contributed by atoms with Crippen molar-refractivity contribution >= 4 is 43.7 Å². The quantitative estimate of drug-likeness (QED) is 0.733. The van der Waals surface area contributed by atoms with Crippen molar-refractivity contribution in [1.82, 2.24) is 19.9 Å². The lowest BCUT2D eigenvalue weighted by molar-refractivity contribution is 0.0914. The fourth-order valence-corrected chi connectivity index (χ4v) is 3.28. The zero-order chi connectivity index (χ0) is 13.6. The molecule has 1 aliphatic rings. The minimum absolute atomic E-state index is 0.0656. The molecule has 0 bridgehead atoms. The standard InChI is InChI=1S/C11H11Br2N5O/c12-7-2-8-10(19)15-4-6(18(8)9(7)13)1-5-3-16-11(14)17-5/h2-3,6H,1,4H2,(H,15,19)(H3,14,16,17)/t6-/m0/s1. The Labute approximate surface area is 126 Å². The highest BCUT2D eigenvalue weighted by Gasteiger charge is 2.28. The second-order valence-corrected chi connectivity index (χ2v) is 5.99. The maximum atomic E-state index is 11.8. The monoisotopic (exact) mass is 387 g/mol. The van der Waals surface area contributed by atoms with E-state index in [0.29, 0.717) is 24.6 Å². The first-order valence-corrected chi connectivity index (χ1v) is 7.29. The van der Waals surface area contributed by atoms with Crippen LogP contribution in [0.5, 0.6) is 0 Å². The molecule has 4 N–H and O–H groups in total. The number of rotatable bonds is 2. The number of nitrogens with two attached hydrogens (primary N) is 1. The van der Waals surface area contributed by atoms with Gasteiger partial charge < -0.3 is 20.6 Å². The normalized spacial score (nSPS) is 18.2. The third-order valence-electron chi connectivity index (χ3n) is 3.12. The number of aromatic amines is 1. The molecule has 0 unspecified atom stereocenters. The molecule has 0 saturated carbocycles. The SMILES string of the molecule is Nc1nc(C[C@H]2CNC(=O)c3cc(Br)c(Br)n32)c[nH]1. The fourth-order valence-electron chi connectivity index (χ4n) is 2.28. The molecule has 100 valence electrons. The number of amides is 1. The van der Waals surface area contributed by atoms with Crippen LogP contribution in [0.1, 0.15) is 22.2 Å². The van der Waals surface area contributed by atoms with Crippen LogP contribution < -0.4 is 11.1 Å². The molecule has 2 aromatic heterocycles. The summed E-state index contributed by atoms with van der Waals surface area (Å²) >= 11 is 6.94. The predicted octanol–water partition coefficient (Wildman–Crippen LogP) is 1.85. The average Bonchev–Trinajstić information content (AvgIpc) is 2.90. The smallest absolute Gasteiger partial charge is 0.268 e. The Morgan fingerprint density at radius 2 is 2.32 bits per heavy atom. The van der Waals surface area contributed by atoms with Crippen LogP contribution in [0.3, 0.4) is 0 Å². The predicted molar refractivity (Wildman–Crippen MR) is 77.9 cm³/mol. The number of H-pyrrole nitrogens is 1. The van der Waals surface area contributed by atoms with Gasteiger partial charge >= 0.3 is 0 Å². The summed E-state index contributed by atoms with van der Waals surface area (Å²) in [5.41, 5.74) is 7.09. The third kappa shape index (κ3) is 2.18. The highest BCUT2D eigenvalue weighted by Crippen LogP contribution is 2.33. The molecule has 3 rings (SSSR count). The van der Waals surface area contributed by atoms with Crippen LogP contribution in [0.2, 0.25) is 0 Å². The fraction of sp³-hybridized carbons (Fsp3) is 0.273. The van der Waals surface area contributed by atoms with Gasteiger partial charge in [-0.15, -0.1) is 0 Å². The number of fused-ring (bicyclic) bond motifs is 1. The molecule has 0 aromatic carbocycles. The third-order valence-corrected chi connectivity index (χ3v) is 5.07. The van der Waals surface area contributed by atoms with Crippen LogP contribution >= 0.6 is 31.9 Å². The molecular formula is C11H11Br2N5O. The average molecular weight is 389 g/mol. The summed E-state index contributed by atoms with van der Waals surface area (Å²) in [6.07, 6.45) is 2.48. The summed E-state index contributed by atoms with van der Waals surface area (Å²) in [4.78, 5) is 18.9. The summed E-state index contributed by atoms with van der Waals surface area (Å²) in [5, 5.41) is 2.89. The van der Waals surface area contributed by atoms with Crippen molar-refractivity contribution in [3.05, 3.63) is 32.7 Å². The Morgan fingerprint density at radius 3 is 3.00 bits per heavy atom. The first-order valence-electron chi connectivity index (χ1n) is 5.70. The van der Waals surface area contributed by atoms with Gasteiger partial charge in [-0.05, 0) is 37.9 Å². The number of nitrogens with zero attached hydrogens (tertiary/aromatic N) is 2. The van der Waals surface area contributed by atoms with Crippen LogP contribution in [0.15, 0.2) is 21.3 Å². The van der Waals surface area contributed by atoms with Gasteiger partial charge in [-0.3, -0.25) is 4.79 Å². The van der Waals surface area contributed by atoms with Gasteiger partial charge in [0.15, 0.2) is 5.95 Å². The van der Waals surface area contributed by atoms with E-state index < -0.39 is 0 Å². The Bertz CT molecular complexity index is 648. The largest absolute Gasteiger partial charge is 0.369 e. The molecule has 1 aliphatic heterocycles. The van der Waals surface area contributed by atoms with Crippen LogP contribution in [0.4, 0.5) is 5.95 Å². The lowest BCUT2D eigenvalue weighted by Gasteiger charge is -2.26. The molecule has 0 aliphatic carbocycles. The van der Waals surface area contributed by atoms with Crippen molar-refractivity contribution in [1.29, 1.82) is 0 Å². The van der Waals surface area contributed by atoms with Crippen molar-refractivity contribution in [2.75, 3.05) is 12.3 Å². The lowest BCUT2D eigenvalue weighted by atomic mass is 10.1. The van der Waals surface area contributed by atoms with Crippen LogP contribution in [-0.2, 0) is 6.42 Å². The van der Waals surface area contributed by atoms with Gasteiger partial charge in [-0.25, -0.2) is 4.98 Å². The van der Waals surface area contributed by atoms with E-state index in [1.54, 1.807) is 6.20 Å². The van der Waals surface area contributed by atoms with E-state index in [2.05, 4.69) is 47.1 Å². The topological polar surface area (TPSA) is 88.7 Å². The first-order chi connectivity index (χ1) is 9.06. The summed E-state index contributed by atoms with van der Waals surface area (Å²) in [5.74, 6) is 0.340. The second kappa shape index (κ2) is 4.68. The van der Waals surface area contributed by atoms with Crippen molar-refractivity contribution < 1.29 is 4.79 Å². The van der Waals surface area contributed by atoms with E-state index in [1.165, 1.54) is 0 Å². The second-order valence-electron chi connectivity index (χ2n) is 4.38. The molecule has 0 fully saturated rings. The number of nitrogens with one attached hydrogen (secondary N) is 2. The number of imidazole rings is 1. The van der Waals surface area contributed by atoms with Gasteiger partial charge in [-0.1, -0.05) is 0 Å². The maximum absolute atomic E-state index is 11.8. The molecule has 1 amide bonds. The summed E-state index contributed by atoms with van der Waals surface area (Å²) in [6, 6.07) is 1.92. The summed E-state index contributed by atoms with van der Waals surface area (Å²) < 4.78 is 3.71. The minimum Gasteiger partial charge on any atom is -0.369 e. The molecule has 0 saturated heterocycles. The number of halogens is 2. The van der Waals surface area contributed by atoms with Crippen molar-refractivity contribution in [2.45, 2.75) is 12.5 Å². The number of anilines is 1. The molecular weight excluding hydrogens is 378 g/mol. The first kappa shape index (κ1) is 12.7. The van der Waals surface area contributed by atoms with E-state index in [0.717, 1.165) is 14.8 Å². The Kier molecular flexibility index (Phi) is 3.14. The van der Waals surface area contributed by atoms with Gasteiger partial charge in [0.05, 0.1) is 20.8 Å². The number of nitrogen functional groups attached to an aromatic ring is 1. The van der Waals surface area contributed by atoms with Crippen LogP contribution in [0, 0.1) is 0 Å². The molecule has 6 nitrogen and oxygen atoms in total. The van der Waals surface area contributed by atoms with E-state index >= 15 is 0 Å². The molecule has 1 atom stereocenters. The van der Waals surface area contributed by atoms with E-state index in [-0.39, 0.29) is 11.9 Å². The number of carbonyl (C=O) groups is 1. The summed E-state index contributed by atoms with van der Waals surface area (Å²) in [7, 11) is 0. The van der Waals surface area contributed by atoms with Crippen molar-refractivity contribution in [2.24, 2.45) is 0 Å². The number of carbonyl (C=O) groups excluding carboxylic acids is 1. The molecule has 8 heteroatoms. The van der Waals surface area contributed by atoms with Gasteiger partial charge in [-0.2, -0.15) is 0 Å². The van der Waals surface area contributed by atoms with E-state index in [4.69, 9.17) is 5.73 Å². The molecule has 19 heavy (non-hydrogen) atoms. The summed E-state index contributed by atoms with van der Waals surface area (Å²) in [6.45, 7) is 0.568. The Balaban J connectivity index is 1.96. The van der Waals surface area contributed by atoms with Gasteiger partial charge in [0, 0.05) is 19.2 Å². The van der Waals surface area contributed by atoms with Gasteiger partial charge in [0.1, 0.15) is 5.69 Å². The Morgan fingerprint density at radius 1 is 1.53 bits per heavy atom. The minimum atomic E-state index is -0.0656. The maximum Gasteiger partial charge on any atom is 0.268 e. The van der Waals surface area contributed by atoms with E-state index in [9.17, 15) is 4.79 Å². The highest BCUT2D eigenvalue weighted by atomic mass is 79.9. The van der Waals surface area contributed by atoms with Crippen LogP contribution in [0.25, 0.3) is 0 Å².